The number of carbonyl (C=O) groups excluding carboxylic acids is 3. The van der Waals surface area contributed by atoms with Crippen LogP contribution in [0.1, 0.15) is 54.3 Å². The minimum atomic E-state index is -1.00. The van der Waals surface area contributed by atoms with Gasteiger partial charge in [-0.05, 0) is 54.8 Å². The number of nitrogens with one attached hydrogen (secondary N) is 2. The van der Waals surface area contributed by atoms with Gasteiger partial charge in [-0.25, -0.2) is 4.39 Å². The summed E-state index contributed by atoms with van der Waals surface area (Å²) in [4.78, 5) is 40.8. The number of rotatable bonds is 8. The van der Waals surface area contributed by atoms with Gasteiger partial charge in [-0.2, -0.15) is 0 Å². The summed E-state index contributed by atoms with van der Waals surface area (Å²) in [6, 6.07) is 16.4. The molecule has 2 aromatic carbocycles. The Bertz CT molecular complexity index is 1130. The summed E-state index contributed by atoms with van der Waals surface area (Å²) in [5, 5.41) is 5.66. The van der Waals surface area contributed by atoms with Crippen molar-refractivity contribution in [2.24, 2.45) is 0 Å². The Morgan fingerprint density at radius 3 is 2.31 bits per heavy atom. The predicted octanol–water partition coefficient (Wildman–Crippen LogP) is 4.37. The topological polar surface area (TPSA) is 91.7 Å². The van der Waals surface area contributed by atoms with E-state index in [1.807, 2.05) is 6.07 Å². The van der Waals surface area contributed by atoms with Crippen LogP contribution in [0.25, 0.3) is 0 Å². The van der Waals surface area contributed by atoms with Gasteiger partial charge in [-0.15, -0.1) is 0 Å². The molecule has 1 heterocycles. The molecule has 1 aliphatic carbocycles. The van der Waals surface area contributed by atoms with Crippen molar-refractivity contribution in [2.75, 3.05) is 11.4 Å². The molecule has 0 saturated heterocycles. The second-order valence-electron chi connectivity index (χ2n) is 8.56. The van der Waals surface area contributed by atoms with Crippen LogP contribution < -0.4 is 15.5 Å². The predicted molar refractivity (Wildman–Crippen MR) is 129 cm³/mol. The zero-order valence-electron chi connectivity index (χ0n) is 19.3. The molecule has 0 unspecified atom stereocenters. The second-order valence-corrected chi connectivity index (χ2v) is 8.56. The smallest absolute Gasteiger partial charge is 0.287 e. The van der Waals surface area contributed by atoms with Crippen LogP contribution in [0.15, 0.2) is 77.4 Å². The summed E-state index contributed by atoms with van der Waals surface area (Å²) >= 11 is 0. The fourth-order valence-electron chi connectivity index (χ4n) is 4.35. The van der Waals surface area contributed by atoms with Crippen LogP contribution in [0.3, 0.4) is 0 Å². The van der Waals surface area contributed by atoms with Crippen LogP contribution in [0.2, 0.25) is 0 Å². The maximum atomic E-state index is 13.7. The second kappa shape index (κ2) is 11.5. The Balaban J connectivity index is 1.65. The van der Waals surface area contributed by atoms with Crippen LogP contribution in [-0.4, -0.2) is 30.3 Å². The first-order valence-corrected chi connectivity index (χ1v) is 11.8. The number of hydrogen-bond donors (Lipinski definition) is 2. The van der Waals surface area contributed by atoms with Crippen LogP contribution in [0.5, 0.6) is 0 Å². The molecule has 0 spiro atoms. The molecule has 0 radical (unpaired) electrons. The van der Waals surface area contributed by atoms with E-state index >= 15 is 0 Å². The van der Waals surface area contributed by atoms with Gasteiger partial charge in [0.05, 0.1) is 12.8 Å². The summed E-state index contributed by atoms with van der Waals surface area (Å²) < 4.78 is 18.8. The highest BCUT2D eigenvalue weighted by Crippen LogP contribution is 2.29. The lowest BCUT2D eigenvalue weighted by Crippen LogP contribution is -2.49. The Kier molecular flexibility index (Phi) is 7.92. The number of hydrogen-bond acceptors (Lipinski definition) is 4. The highest BCUT2D eigenvalue weighted by molar-refractivity contribution is 6.04. The zero-order chi connectivity index (χ0) is 24.6. The van der Waals surface area contributed by atoms with Crippen molar-refractivity contribution in [3.05, 3.63) is 90.1 Å². The molecule has 3 amide bonds. The molecule has 1 fully saturated rings. The first kappa shape index (κ1) is 24.2. The van der Waals surface area contributed by atoms with Crippen molar-refractivity contribution >= 4 is 23.4 Å². The lowest BCUT2D eigenvalue weighted by molar-refractivity contribution is -0.127. The maximum Gasteiger partial charge on any atom is 0.287 e. The van der Waals surface area contributed by atoms with E-state index in [1.165, 1.54) is 41.5 Å². The lowest BCUT2D eigenvalue weighted by atomic mass is 9.94. The van der Waals surface area contributed by atoms with Gasteiger partial charge < -0.3 is 15.1 Å². The van der Waals surface area contributed by atoms with Crippen molar-refractivity contribution in [1.82, 2.24) is 10.6 Å². The average molecular weight is 478 g/mol. The molecular weight excluding hydrogens is 449 g/mol. The number of furan rings is 1. The molecule has 1 aromatic heterocycles. The van der Waals surface area contributed by atoms with Crippen LogP contribution in [-0.2, 0) is 9.59 Å². The molecule has 1 saturated carbocycles. The standard InChI is InChI=1S/C27H28FN3O4/c28-20-13-15-22(16-14-20)31(24(32)18-29-26(33)23-12-7-17-35-23)25(19-8-3-1-4-9-19)27(34)30-21-10-5-2-6-11-21/h1,3-4,7-9,12-17,21,25H,2,5-6,10-11,18H2,(H,29,33)(H,30,34)/t25-/m0/s1. The van der Waals surface area contributed by atoms with Crippen molar-refractivity contribution in [2.45, 2.75) is 44.2 Å². The monoisotopic (exact) mass is 477 g/mol. The van der Waals surface area contributed by atoms with E-state index in [1.54, 1.807) is 30.3 Å². The highest BCUT2D eigenvalue weighted by Gasteiger charge is 2.34. The molecule has 2 N–H and O–H groups in total. The minimum Gasteiger partial charge on any atom is -0.459 e. The maximum absolute atomic E-state index is 13.7. The summed E-state index contributed by atoms with van der Waals surface area (Å²) in [5.41, 5.74) is 0.951. The van der Waals surface area contributed by atoms with E-state index in [2.05, 4.69) is 10.6 Å². The molecule has 1 atom stereocenters. The van der Waals surface area contributed by atoms with Crippen molar-refractivity contribution in [3.63, 3.8) is 0 Å². The van der Waals surface area contributed by atoms with Gasteiger partial charge in [0.15, 0.2) is 5.76 Å². The first-order valence-electron chi connectivity index (χ1n) is 11.8. The van der Waals surface area contributed by atoms with Gasteiger partial charge in [0.1, 0.15) is 11.9 Å². The van der Waals surface area contributed by atoms with Gasteiger partial charge in [0, 0.05) is 11.7 Å². The van der Waals surface area contributed by atoms with E-state index in [-0.39, 0.29) is 24.3 Å². The van der Waals surface area contributed by atoms with E-state index in [0.29, 0.717) is 11.3 Å². The summed E-state index contributed by atoms with van der Waals surface area (Å²) in [6.07, 6.45) is 6.36. The summed E-state index contributed by atoms with van der Waals surface area (Å²) in [7, 11) is 0. The van der Waals surface area contributed by atoms with Crippen LogP contribution in [0, 0.1) is 5.82 Å². The fourth-order valence-corrected chi connectivity index (χ4v) is 4.35. The molecule has 1 aliphatic rings. The number of halogens is 1. The van der Waals surface area contributed by atoms with E-state index in [9.17, 15) is 18.8 Å². The van der Waals surface area contributed by atoms with Gasteiger partial charge in [-0.3, -0.25) is 19.3 Å². The largest absolute Gasteiger partial charge is 0.459 e. The van der Waals surface area contributed by atoms with E-state index in [4.69, 9.17) is 4.42 Å². The van der Waals surface area contributed by atoms with Gasteiger partial charge >= 0.3 is 0 Å². The Hall–Kier alpha value is -3.94. The average Bonchev–Trinajstić information content (AvgIpc) is 3.43. The van der Waals surface area contributed by atoms with Gasteiger partial charge in [-0.1, -0.05) is 49.6 Å². The number of carbonyl (C=O) groups is 3. The molecule has 0 aliphatic heterocycles. The third kappa shape index (κ3) is 6.15. The molecule has 7 nitrogen and oxygen atoms in total. The molecule has 4 rings (SSSR count). The minimum absolute atomic E-state index is 0.0336. The Labute approximate surface area is 203 Å². The zero-order valence-corrected chi connectivity index (χ0v) is 19.3. The number of nitrogens with zero attached hydrogens (tertiary/aromatic N) is 1. The van der Waals surface area contributed by atoms with Crippen LogP contribution in [0.4, 0.5) is 10.1 Å². The lowest BCUT2D eigenvalue weighted by Gasteiger charge is -2.33. The molecule has 8 heteroatoms. The molecule has 182 valence electrons. The van der Waals surface area contributed by atoms with Crippen molar-refractivity contribution in [3.8, 4) is 0 Å². The third-order valence-corrected chi connectivity index (χ3v) is 6.09. The Morgan fingerprint density at radius 2 is 1.66 bits per heavy atom. The van der Waals surface area contributed by atoms with Gasteiger partial charge in [0.25, 0.3) is 5.91 Å². The third-order valence-electron chi connectivity index (χ3n) is 6.09. The van der Waals surface area contributed by atoms with E-state index in [0.717, 1.165) is 32.1 Å². The number of anilines is 1. The normalized spacial score (nSPS) is 14.7. The summed E-state index contributed by atoms with van der Waals surface area (Å²) in [6.45, 7) is -0.378. The number of benzene rings is 2. The first-order chi connectivity index (χ1) is 17.0. The highest BCUT2D eigenvalue weighted by atomic mass is 19.1. The molecular formula is C27H28FN3O4. The van der Waals surface area contributed by atoms with Crippen molar-refractivity contribution in [1.29, 1.82) is 0 Å². The number of amides is 3. The Morgan fingerprint density at radius 1 is 0.943 bits per heavy atom. The van der Waals surface area contributed by atoms with Crippen LogP contribution >= 0.6 is 0 Å². The molecule has 3 aromatic rings. The fraction of sp³-hybridized carbons (Fsp3) is 0.296. The van der Waals surface area contributed by atoms with Crippen molar-refractivity contribution < 1.29 is 23.2 Å². The molecule has 35 heavy (non-hydrogen) atoms. The van der Waals surface area contributed by atoms with E-state index < -0.39 is 23.7 Å². The SMILES string of the molecule is O=C(NCC(=O)N(c1ccc(F)cc1)[C@H](C(=O)NC1CCCCC1)c1ccccc1)c1ccco1. The quantitative estimate of drug-likeness (QED) is 0.504. The molecule has 0 bridgehead atoms. The van der Waals surface area contributed by atoms with Gasteiger partial charge in [0.2, 0.25) is 11.8 Å². The summed E-state index contributed by atoms with van der Waals surface area (Å²) in [5.74, 6) is -1.79.